The number of carbonyl (C=O) groups is 1. The maximum absolute atomic E-state index is 11.9. The van der Waals surface area contributed by atoms with Crippen molar-refractivity contribution in [2.24, 2.45) is 22.9 Å². The fraction of sp³-hybridized carbons (Fsp3) is 0.467. The second-order valence-corrected chi connectivity index (χ2v) is 6.39. The summed E-state index contributed by atoms with van der Waals surface area (Å²) >= 11 is 3.37. The number of amides is 1. The summed E-state index contributed by atoms with van der Waals surface area (Å²) < 4.78 is 0.794. The van der Waals surface area contributed by atoms with Gasteiger partial charge in [0.1, 0.15) is 0 Å². The Morgan fingerprint density at radius 3 is 2.84 bits per heavy atom. The van der Waals surface area contributed by atoms with Gasteiger partial charge >= 0.3 is 0 Å². The third kappa shape index (κ3) is 2.73. The van der Waals surface area contributed by atoms with Crippen molar-refractivity contribution in [2.75, 3.05) is 0 Å². The van der Waals surface area contributed by atoms with Gasteiger partial charge in [-0.15, -0.1) is 0 Å². The fourth-order valence-corrected chi connectivity index (χ4v) is 3.84. The van der Waals surface area contributed by atoms with Gasteiger partial charge in [0.05, 0.1) is 5.56 Å². The molecule has 2 bridgehead atoms. The van der Waals surface area contributed by atoms with Gasteiger partial charge in [-0.3, -0.25) is 4.79 Å². The molecule has 0 aliphatic heterocycles. The van der Waals surface area contributed by atoms with E-state index in [1.165, 1.54) is 25.7 Å². The van der Waals surface area contributed by atoms with Gasteiger partial charge in [-0.25, -0.2) is 5.43 Å². The Morgan fingerprint density at radius 1 is 1.32 bits per heavy atom. The van der Waals surface area contributed by atoms with Crippen molar-refractivity contribution in [1.82, 2.24) is 5.43 Å². The zero-order valence-corrected chi connectivity index (χ0v) is 12.3. The molecule has 3 atom stereocenters. The smallest absolute Gasteiger partial charge is 0.267 e. The summed E-state index contributed by atoms with van der Waals surface area (Å²) in [5.74, 6) is 2.11. The predicted molar refractivity (Wildman–Crippen MR) is 79.0 cm³/mol. The number of benzene rings is 1. The number of nitrogens with one attached hydrogen (secondary N) is 1. The molecule has 0 heterocycles. The second-order valence-electron chi connectivity index (χ2n) is 5.54. The fourth-order valence-electron chi connectivity index (χ4n) is 3.37. The van der Waals surface area contributed by atoms with E-state index in [9.17, 15) is 4.79 Å². The molecule has 0 saturated heterocycles. The van der Waals surface area contributed by atoms with Gasteiger partial charge in [0.25, 0.3) is 5.91 Å². The van der Waals surface area contributed by atoms with Crippen LogP contribution < -0.4 is 5.43 Å². The molecule has 100 valence electrons. The molecule has 3 nitrogen and oxygen atoms in total. The van der Waals surface area contributed by atoms with Crippen LogP contribution in [0, 0.1) is 17.8 Å². The number of hydrogen-bond donors (Lipinski definition) is 1. The highest BCUT2D eigenvalue weighted by atomic mass is 79.9. The summed E-state index contributed by atoms with van der Waals surface area (Å²) in [5.41, 5.74) is 3.24. The van der Waals surface area contributed by atoms with Crippen molar-refractivity contribution in [1.29, 1.82) is 0 Å². The van der Waals surface area contributed by atoms with Crippen molar-refractivity contribution >= 4 is 28.1 Å². The van der Waals surface area contributed by atoms with Gasteiger partial charge in [0.15, 0.2) is 0 Å². The molecule has 4 heteroatoms. The van der Waals surface area contributed by atoms with Crippen LogP contribution in [0.25, 0.3) is 0 Å². The van der Waals surface area contributed by atoms with Crippen LogP contribution in [0.1, 0.15) is 36.0 Å². The van der Waals surface area contributed by atoms with E-state index in [-0.39, 0.29) is 5.91 Å². The monoisotopic (exact) mass is 320 g/mol. The van der Waals surface area contributed by atoms with Crippen LogP contribution in [0.4, 0.5) is 0 Å². The maximum atomic E-state index is 11.9. The molecule has 0 unspecified atom stereocenters. The van der Waals surface area contributed by atoms with E-state index in [0.717, 1.165) is 16.3 Å². The molecule has 2 aliphatic carbocycles. The van der Waals surface area contributed by atoms with E-state index in [1.54, 1.807) is 6.07 Å². The third-order valence-corrected chi connectivity index (χ3v) is 5.03. The normalized spacial score (nSPS) is 29.0. The molecule has 0 spiro atoms. The Balaban J connectivity index is 1.58. The van der Waals surface area contributed by atoms with Crippen LogP contribution in [0.5, 0.6) is 0 Å². The average molecular weight is 321 g/mol. The second kappa shape index (κ2) is 5.45. The molecular weight excluding hydrogens is 304 g/mol. The molecule has 0 aromatic heterocycles. The molecule has 0 radical (unpaired) electrons. The minimum absolute atomic E-state index is 0.160. The lowest BCUT2D eigenvalue weighted by molar-refractivity contribution is 0.0954. The van der Waals surface area contributed by atoms with Crippen LogP contribution in [0.3, 0.4) is 0 Å². The number of nitrogens with zero attached hydrogens (tertiary/aromatic N) is 1. The molecule has 1 aromatic carbocycles. The number of fused-ring (bicyclic) bond motifs is 2. The predicted octanol–water partition coefficient (Wildman–Crippen LogP) is 3.60. The van der Waals surface area contributed by atoms with Crippen LogP contribution >= 0.6 is 15.9 Å². The molecule has 2 saturated carbocycles. The van der Waals surface area contributed by atoms with E-state index < -0.39 is 0 Å². The highest BCUT2D eigenvalue weighted by Gasteiger charge is 2.38. The average Bonchev–Trinajstić information content (AvgIpc) is 3.01. The van der Waals surface area contributed by atoms with Gasteiger partial charge in [0, 0.05) is 10.7 Å². The van der Waals surface area contributed by atoms with E-state index >= 15 is 0 Å². The van der Waals surface area contributed by atoms with Crippen LogP contribution in [-0.4, -0.2) is 12.1 Å². The van der Waals surface area contributed by atoms with Gasteiger partial charge in [-0.05, 0) is 65.1 Å². The third-order valence-electron chi connectivity index (χ3n) is 4.34. The summed E-state index contributed by atoms with van der Waals surface area (Å²) in [6.45, 7) is 0. The minimum Gasteiger partial charge on any atom is -0.267 e. The molecule has 19 heavy (non-hydrogen) atoms. The van der Waals surface area contributed by atoms with E-state index in [1.807, 2.05) is 24.4 Å². The quantitative estimate of drug-likeness (QED) is 0.671. The number of carbonyl (C=O) groups excluding carboxylic acids is 1. The molecular formula is C15H17BrN2O. The minimum atomic E-state index is -0.160. The van der Waals surface area contributed by atoms with Crippen molar-refractivity contribution in [3.8, 4) is 0 Å². The van der Waals surface area contributed by atoms with Crippen molar-refractivity contribution in [3.05, 3.63) is 34.3 Å². The molecule has 2 aliphatic rings. The molecule has 1 amide bonds. The standard InChI is InChI=1S/C15H17BrN2O/c16-14-4-2-1-3-13(14)15(19)18-17-9-12-8-10-5-6-11(12)7-10/h1-4,9-12H,5-8H2,(H,18,19)/b17-9-/t10-,11-,12-/m0/s1. The number of halogens is 1. The Morgan fingerprint density at radius 2 is 2.16 bits per heavy atom. The molecule has 1 aromatic rings. The topological polar surface area (TPSA) is 41.5 Å². The lowest BCUT2D eigenvalue weighted by atomic mass is 9.90. The van der Waals surface area contributed by atoms with Crippen LogP contribution in [0.2, 0.25) is 0 Å². The van der Waals surface area contributed by atoms with Gasteiger partial charge in [-0.1, -0.05) is 18.6 Å². The first kappa shape index (κ1) is 12.9. The van der Waals surface area contributed by atoms with Crippen molar-refractivity contribution in [2.45, 2.75) is 25.7 Å². The Kier molecular flexibility index (Phi) is 3.69. The first-order valence-corrected chi connectivity index (χ1v) is 7.61. The van der Waals surface area contributed by atoms with Crippen LogP contribution in [0.15, 0.2) is 33.8 Å². The van der Waals surface area contributed by atoms with Gasteiger partial charge in [-0.2, -0.15) is 5.10 Å². The first-order valence-electron chi connectivity index (χ1n) is 6.82. The Hall–Kier alpha value is -1.16. The Bertz CT molecular complexity index is 515. The number of rotatable bonds is 3. The molecule has 3 rings (SSSR count). The highest BCUT2D eigenvalue weighted by Crippen LogP contribution is 2.47. The van der Waals surface area contributed by atoms with E-state index in [2.05, 4.69) is 26.5 Å². The largest absolute Gasteiger partial charge is 0.272 e. The van der Waals surface area contributed by atoms with Gasteiger partial charge in [0.2, 0.25) is 0 Å². The first-order chi connectivity index (χ1) is 9.24. The lowest BCUT2D eigenvalue weighted by Crippen LogP contribution is -2.20. The van der Waals surface area contributed by atoms with E-state index in [0.29, 0.717) is 11.5 Å². The molecule has 1 N–H and O–H groups in total. The maximum Gasteiger partial charge on any atom is 0.272 e. The zero-order chi connectivity index (χ0) is 13.2. The van der Waals surface area contributed by atoms with Gasteiger partial charge < -0.3 is 0 Å². The number of hydrazone groups is 1. The van der Waals surface area contributed by atoms with Crippen molar-refractivity contribution in [3.63, 3.8) is 0 Å². The summed E-state index contributed by atoms with van der Waals surface area (Å²) in [5, 5.41) is 4.14. The summed E-state index contributed by atoms with van der Waals surface area (Å²) in [4.78, 5) is 11.9. The highest BCUT2D eigenvalue weighted by molar-refractivity contribution is 9.10. The lowest BCUT2D eigenvalue weighted by Gasteiger charge is -2.16. The SMILES string of the molecule is O=C(N/N=C\[C@@H]1C[C@H]2CC[C@H]1C2)c1ccccc1Br. The zero-order valence-electron chi connectivity index (χ0n) is 10.7. The van der Waals surface area contributed by atoms with E-state index in [4.69, 9.17) is 0 Å². The molecule has 2 fully saturated rings. The summed E-state index contributed by atoms with van der Waals surface area (Å²) in [6.07, 6.45) is 7.27. The summed E-state index contributed by atoms with van der Waals surface area (Å²) in [7, 11) is 0. The van der Waals surface area contributed by atoms with Crippen LogP contribution in [-0.2, 0) is 0 Å². The van der Waals surface area contributed by atoms with Crippen molar-refractivity contribution < 1.29 is 4.79 Å². The summed E-state index contributed by atoms with van der Waals surface area (Å²) in [6, 6.07) is 7.37. The Labute approximate surface area is 121 Å². The number of hydrogen-bond acceptors (Lipinski definition) is 2.